The number of phenolic OH excluding ortho intramolecular Hbond substituents is 4. The van der Waals surface area contributed by atoms with E-state index in [4.69, 9.17) is 20.3 Å². The molecule has 0 aliphatic rings. The molecule has 12 N–H and O–H groups in total. The average molecular weight is 677 g/mol. The highest BCUT2D eigenvalue weighted by Gasteiger charge is 2.15. The monoisotopic (exact) mass is 676 g/mol. The summed E-state index contributed by atoms with van der Waals surface area (Å²) in [6, 6.07) is 14.1. The standard InChI is InChI=1S/C12H18N2O4.2C11H17NO3/c1-17-8-3-4-11(18-2)9(5-8)10(15)7-14-12(16)6-13;1-7(2)12-6-11(15)8-3-9(13)5-10(14)4-8;1-7(2)12-6-11(15)8-3-4-9(13)10(14)5-8/h3-5,10,15H,6-7,13H2,1-2H3,(H,14,16);2*3-5,7,11-15H,6H2,1-2H3. The number of aliphatic hydroxyl groups is 3. The van der Waals surface area contributed by atoms with Gasteiger partial charge in [0.1, 0.15) is 23.0 Å². The second-order valence-corrected chi connectivity index (χ2v) is 11.3. The van der Waals surface area contributed by atoms with Gasteiger partial charge in [0, 0.05) is 43.3 Å². The van der Waals surface area contributed by atoms with Crippen LogP contribution >= 0.6 is 0 Å². The van der Waals surface area contributed by atoms with E-state index in [9.17, 15) is 35.4 Å². The van der Waals surface area contributed by atoms with Crippen molar-refractivity contribution in [3.05, 3.63) is 71.3 Å². The molecular formula is C34H52N4O10. The van der Waals surface area contributed by atoms with E-state index in [0.717, 1.165) is 0 Å². The summed E-state index contributed by atoms with van der Waals surface area (Å²) in [6.45, 7) is 8.70. The largest absolute Gasteiger partial charge is 0.508 e. The Morgan fingerprint density at radius 3 is 1.73 bits per heavy atom. The van der Waals surface area contributed by atoms with Gasteiger partial charge in [-0.15, -0.1) is 0 Å². The molecule has 0 fully saturated rings. The van der Waals surface area contributed by atoms with Crippen molar-refractivity contribution in [1.82, 2.24) is 16.0 Å². The molecule has 0 saturated carbocycles. The number of ether oxygens (including phenoxy) is 2. The Labute approximate surface area is 281 Å². The zero-order chi connectivity index (χ0) is 36.4. The van der Waals surface area contributed by atoms with Gasteiger partial charge < -0.3 is 66.9 Å². The quantitative estimate of drug-likeness (QED) is 0.110. The minimum Gasteiger partial charge on any atom is -0.508 e. The van der Waals surface area contributed by atoms with Crippen molar-refractivity contribution < 1.29 is 50.0 Å². The highest BCUT2D eigenvalue weighted by molar-refractivity contribution is 5.77. The Balaban J connectivity index is 0.000000362. The molecule has 3 atom stereocenters. The number of benzene rings is 3. The Morgan fingerprint density at radius 2 is 1.25 bits per heavy atom. The Morgan fingerprint density at radius 1 is 0.688 bits per heavy atom. The molecule has 3 unspecified atom stereocenters. The number of methoxy groups -OCH3 is 2. The number of carbonyl (C=O) groups is 1. The molecule has 0 heterocycles. The number of hydrogen-bond acceptors (Lipinski definition) is 13. The number of aliphatic hydroxyl groups excluding tert-OH is 3. The van der Waals surface area contributed by atoms with Crippen molar-refractivity contribution in [2.45, 2.75) is 58.1 Å². The van der Waals surface area contributed by atoms with Crippen LogP contribution in [0.1, 0.15) is 62.7 Å². The van der Waals surface area contributed by atoms with Crippen LogP contribution in [0.4, 0.5) is 0 Å². The van der Waals surface area contributed by atoms with E-state index in [0.29, 0.717) is 47.3 Å². The fourth-order valence-electron chi connectivity index (χ4n) is 3.98. The third kappa shape index (κ3) is 15.5. The van der Waals surface area contributed by atoms with Crippen LogP contribution in [-0.4, -0.2) is 94.1 Å². The van der Waals surface area contributed by atoms with E-state index in [-0.39, 0.29) is 48.0 Å². The Bertz CT molecular complexity index is 1370. The van der Waals surface area contributed by atoms with E-state index in [1.165, 1.54) is 44.6 Å². The van der Waals surface area contributed by atoms with Crippen LogP contribution in [0.5, 0.6) is 34.5 Å². The lowest BCUT2D eigenvalue weighted by atomic mass is 10.1. The number of nitrogens with two attached hydrogens (primary N) is 1. The molecule has 14 nitrogen and oxygen atoms in total. The van der Waals surface area contributed by atoms with Gasteiger partial charge in [0.25, 0.3) is 0 Å². The van der Waals surface area contributed by atoms with Gasteiger partial charge in [0.05, 0.1) is 39.1 Å². The molecule has 48 heavy (non-hydrogen) atoms. The van der Waals surface area contributed by atoms with Crippen molar-refractivity contribution in [2.75, 3.05) is 40.4 Å². The third-order valence-electron chi connectivity index (χ3n) is 6.61. The van der Waals surface area contributed by atoms with Gasteiger partial charge in [-0.1, -0.05) is 33.8 Å². The van der Waals surface area contributed by atoms with Crippen molar-refractivity contribution in [3.8, 4) is 34.5 Å². The van der Waals surface area contributed by atoms with E-state index < -0.39 is 18.3 Å². The predicted molar refractivity (Wildman–Crippen MR) is 182 cm³/mol. The van der Waals surface area contributed by atoms with Gasteiger partial charge >= 0.3 is 0 Å². The molecular weight excluding hydrogens is 624 g/mol. The second kappa shape index (κ2) is 21.5. The fourth-order valence-corrected chi connectivity index (χ4v) is 3.98. The van der Waals surface area contributed by atoms with E-state index >= 15 is 0 Å². The van der Waals surface area contributed by atoms with Gasteiger partial charge in [-0.05, 0) is 53.6 Å². The van der Waals surface area contributed by atoms with Crippen molar-refractivity contribution in [2.24, 2.45) is 5.73 Å². The maximum absolute atomic E-state index is 11.0. The molecule has 0 radical (unpaired) electrons. The minimum atomic E-state index is -0.884. The summed E-state index contributed by atoms with van der Waals surface area (Å²) in [6.07, 6.45) is -2.30. The first-order valence-electron chi connectivity index (χ1n) is 15.4. The summed E-state index contributed by atoms with van der Waals surface area (Å²) in [5.74, 6) is 0.331. The van der Waals surface area contributed by atoms with Crippen LogP contribution in [0.2, 0.25) is 0 Å². The van der Waals surface area contributed by atoms with Crippen LogP contribution in [0.15, 0.2) is 54.6 Å². The molecule has 0 aliphatic carbocycles. The molecule has 0 aliphatic heterocycles. The zero-order valence-electron chi connectivity index (χ0n) is 28.3. The summed E-state index contributed by atoms with van der Waals surface area (Å²) >= 11 is 0. The normalized spacial score (nSPS) is 12.6. The van der Waals surface area contributed by atoms with Gasteiger partial charge in [-0.3, -0.25) is 4.79 Å². The van der Waals surface area contributed by atoms with Crippen LogP contribution in [-0.2, 0) is 4.79 Å². The first-order valence-corrected chi connectivity index (χ1v) is 15.4. The molecule has 0 saturated heterocycles. The number of amides is 1. The Hall–Kier alpha value is -4.31. The number of carbonyl (C=O) groups excluding carboxylic acids is 1. The number of phenols is 4. The molecule has 0 bridgehead atoms. The minimum absolute atomic E-state index is 0.0476. The maximum Gasteiger partial charge on any atom is 0.233 e. The third-order valence-corrected chi connectivity index (χ3v) is 6.61. The molecule has 3 aromatic carbocycles. The smallest absolute Gasteiger partial charge is 0.233 e. The number of aromatic hydroxyl groups is 4. The molecule has 1 amide bonds. The first-order chi connectivity index (χ1) is 22.6. The number of hydrogen-bond donors (Lipinski definition) is 11. The molecule has 3 aromatic rings. The lowest BCUT2D eigenvalue weighted by molar-refractivity contribution is -0.120. The highest BCUT2D eigenvalue weighted by atomic mass is 16.5. The van der Waals surface area contributed by atoms with Crippen LogP contribution < -0.4 is 31.2 Å². The molecule has 3 rings (SSSR count). The zero-order valence-corrected chi connectivity index (χ0v) is 28.3. The van der Waals surface area contributed by atoms with Crippen LogP contribution in [0.3, 0.4) is 0 Å². The first kappa shape index (κ1) is 41.7. The number of rotatable bonds is 14. The van der Waals surface area contributed by atoms with Crippen LogP contribution in [0.25, 0.3) is 0 Å². The lowest BCUT2D eigenvalue weighted by Crippen LogP contribution is -2.33. The summed E-state index contributed by atoms with van der Waals surface area (Å²) in [7, 11) is 3.05. The second-order valence-electron chi connectivity index (χ2n) is 11.3. The Kier molecular flexibility index (Phi) is 18.7. The van der Waals surface area contributed by atoms with E-state index in [1.807, 2.05) is 27.7 Å². The summed E-state index contributed by atoms with van der Waals surface area (Å²) in [4.78, 5) is 11.0. The van der Waals surface area contributed by atoms with Crippen molar-refractivity contribution >= 4 is 5.91 Å². The molecule has 268 valence electrons. The average Bonchev–Trinajstić information content (AvgIpc) is 3.05. The summed E-state index contributed by atoms with van der Waals surface area (Å²) in [5.41, 5.74) is 6.79. The van der Waals surface area contributed by atoms with Gasteiger partial charge in [0.2, 0.25) is 5.91 Å². The van der Waals surface area contributed by atoms with E-state index in [2.05, 4.69) is 16.0 Å². The van der Waals surface area contributed by atoms with Gasteiger partial charge in [-0.25, -0.2) is 0 Å². The molecule has 0 spiro atoms. The SMILES string of the molecule is CC(C)NCC(O)c1cc(O)cc(O)c1.CC(C)NCC(O)c1ccc(O)c(O)c1.COc1ccc(OC)c(C(O)CNC(=O)CN)c1. The van der Waals surface area contributed by atoms with Crippen molar-refractivity contribution in [3.63, 3.8) is 0 Å². The van der Waals surface area contributed by atoms with Gasteiger partial charge in [0.15, 0.2) is 11.5 Å². The van der Waals surface area contributed by atoms with Crippen molar-refractivity contribution in [1.29, 1.82) is 0 Å². The fraction of sp³-hybridized carbons (Fsp3) is 0.441. The maximum atomic E-state index is 11.0. The van der Waals surface area contributed by atoms with Gasteiger partial charge in [-0.2, -0.15) is 0 Å². The molecule has 0 aromatic heterocycles. The van der Waals surface area contributed by atoms with E-state index in [1.54, 1.807) is 24.3 Å². The summed E-state index contributed by atoms with van der Waals surface area (Å²) < 4.78 is 10.2. The summed E-state index contributed by atoms with van der Waals surface area (Å²) in [5, 5.41) is 74.9. The molecule has 14 heteroatoms. The number of nitrogens with one attached hydrogen (secondary N) is 3. The highest BCUT2D eigenvalue weighted by Crippen LogP contribution is 2.29. The topological polar surface area (TPSA) is 239 Å². The van der Waals surface area contributed by atoms with Crippen LogP contribution in [0, 0.1) is 0 Å². The lowest BCUT2D eigenvalue weighted by Gasteiger charge is -2.16. The predicted octanol–water partition coefficient (Wildman–Crippen LogP) is 2.07.